The molecule has 2 unspecified atom stereocenters. The first-order valence-electron chi connectivity index (χ1n) is 10.8. The summed E-state index contributed by atoms with van der Waals surface area (Å²) in [5.41, 5.74) is 2.51. The molecule has 1 aliphatic heterocycles. The lowest BCUT2D eigenvalue weighted by Gasteiger charge is -2.22. The zero-order chi connectivity index (χ0) is 24.2. The molecule has 0 N–H and O–H groups in total. The molecule has 1 saturated carbocycles. The van der Waals surface area contributed by atoms with E-state index >= 15 is 0 Å². The third kappa shape index (κ3) is 3.82. The highest BCUT2D eigenvalue weighted by atomic mass is 19.3. The van der Waals surface area contributed by atoms with Gasteiger partial charge in [0, 0.05) is 23.1 Å². The fourth-order valence-electron chi connectivity index (χ4n) is 4.62. The number of hydrogen-bond donors (Lipinski definition) is 0. The van der Waals surface area contributed by atoms with Crippen molar-refractivity contribution in [1.82, 2.24) is 14.5 Å². The molecule has 5 rings (SSSR count). The molecule has 0 saturated heterocycles. The van der Waals surface area contributed by atoms with Crippen molar-refractivity contribution in [1.29, 1.82) is 0 Å². The van der Waals surface area contributed by atoms with Gasteiger partial charge in [0.05, 0.1) is 29.0 Å². The topological polar surface area (TPSA) is 47.4 Å². The lowest BCUT2D eigenvalue weighted by molar-refractivity contribution is -0.0507. The van der Waals surface area contributed by atoms with Gasteiger partial charge >= 0.3 is 6.61 Å². The summed E-state index contributed by atoms with van der Waals surface area (Å²) in [6.45, 7) is -3.05. The second-order valence-corrected chi connectivity index (χ2v) is 8.82. The molecule has 176 valence electrons. The van der Waals surface area contributed by atoms with Gasteiger partial charge in [0.1, 0.15) is 11.6 Å². The van der Waals surface area contributed by atoms with Crippen molar-refractivity contribution < 1.29 is 27.1 Å². The number of aromatic nitrogens is 2. The number of aldehydes is 1. The standard InChI is InChI=1S/C25H21F4N3O2/c1-31(2)20-11-19(22-15(13-33)4-3-5-21(22)34-24(26)27)32-18-10-14(6-8-16-12-25(16,28)29)7-9-17(18)30-23(20)32/h3-5,7,9-10,13,16,19-20,24H,11-12H2,1-2H3/t16?,19-,20?/m1/s1. The van der Waals surface area contributed by atoms with E-state index in [1.807, 2.05) is 23.6 Å². The van der Waals surface area contributed by atoms with E-state index in [9.17, 15) is 22.4 Å². The number of fused-ring (bicyclic) bond motifs is 3. The highest BCUT2D eigenvalue weighted by Crippen LogP contribution is 2.48. The third-order valence-electron chi connectivity index (χ3n) is 6.39. The van der Waals surface area contributed by atoms with E-state index in [1.54, 1.807) is 24.3 Å². The van der Waals surface area contributed by atoms with Crippen molar-refractivity contribution >= 4 is 17.3 Å². The Morgan fingerprint density at radius 1 is 1.26 bits per heavy atom. The Bertz CT molecular complexity index is 1340. The molecule has 0 bridgehead atoms. The van der Waals surface area contributed by atoms with Crippen LogP contribution in [0, 0.1) is 17.8 Å². The van der Waals surface area contributed by atoms with Crippen LogP contribution >= 0.6 is 0 Å². The number of hydrogen-bond acceptors (Lipinski definition) is 4. The van der Waals surface area contributed by atoms with Gasteiger partial charge in [0.25, 0.3) is 5.92 Å². The van der Waals surface area contributed by atoms with Crippen LogP contribution < -0.4 is 4.74 Å². The van der Waals surface area contributed by atoms with E-state index in [1.165, 1.54) is 12.1 Å². The predicted octanol–water partition coefficient (Wildman–Crippen LogP) is 5.05. The minimum Gasteiger partial charge on any atom is -0.434 e. The van der Waals surface area contributed by atoms with Crippen LogP contribution in [0.1, 0.15) is 52.2 Å². The number of carbonyl (C=O) groups excluding carboxylic acids is 1. The van der Waals surface area contributed by atoms with E-state index in [0.29, 0.717) is 40.7 Å². The van der Waals surface area contributed by atoms with Gasteiger partial charge in [-0.05, 0) is 44.8 Å². The second kappa shape index (κ2) is 8.13. The minimum absolute atomic E-state index is 0.0660. The fourth-order valence-corrected chi connectivity index (χ4v) is 4.62. The smallest absolute Gasteiger partial charge is 0.387 e. The van der Waals surface area contributed by atoms with Gasteiger partial charge in [0.15, 0.2) is 6.29 Å². The zero-order valence-electron chi connectivity index (χ0n) is 18.4. The van der Waals surface area contributed by atoms with Crippen LogP contribution in [0.5, 0.6) is 5.75 Å². The maximum Gasteiger partial charge on any atom is 0.387 e. The largest absolute Gasteiger partial charge is 0.434 e. The molecule has 34 heavy (non-hydrogen) atoms. The van der Waals surface area contributed by atoms with Crippen molar-refractivity contribution in [2.24, 2.45) is 5.92 Å². The van der Waals surface area contributed by atoms with E-state index < -0.39 is 24.5 Å². The number of imidazole rings is 1. The van der Waals surface area contributed by atoms with Crippen LogP contribution in [0.15, 0.2) is 36.4 Å². The molecule has 0 radical (unpaired) electrons. The van der Waals surface area contributed by atoms with Crippen molar-refractivity contribution in [2.45, 2.75) is 37.5 Å². The molecule has 5 nitrogen and oxygen atoms in total. The van der Waals surface area contributed by atoms with Crippen LogP contribution in [-0.2, 0) is 0 Å². The molecule has 2 aromatic carbocycles. The number of benzene rings is 2. The Kier molecular flexibility index (Phi) is 5.36. The monoisotopic (exact) mass is 471 g/mol. The van der Waals surface area contributed by atoms with E-state index in [2.05, 4.69) is 11.8 Å². The van der Waals surface area contributed by atoms with E-state index in [-0.39, 0.29) is 23.8 Å². The summed E-state index contributed by atoms with van der Waals surface area (Å²) in [6, 6.07) is 9.09. The van der Waals surface area contributed by atoms with Gasteiger partial charge in [-0.3, -0.25) is 9.69 Å². The van der Waals surface area contributed by atoms with E-state index in [0.717, 1.165) is 0 Å². The molecule has 2 aliphatic rings. The Morgan fingerprint density at radius 2 is 2.03 bits per heavy atom. The number of carbonyl (C=O) groups is 1. The Labute approximate surface area is 193 Å². The van der Waals surface area contributed by atoms with Gasteiger partial charge in [-0.1, -0.05) is 24.0 Å². The molecule has 1 aromatic heterocycles. The molecule has 9 heteroatoms. The first-order valence-corrected chi connectivity index (χ1v) is 10.8. The van der Waals surface area contributed by atoms with Crippen molar-refractivity contribution in [3.8, 4) is 17.6 Å². The van der Waals surface area contributed by atoms with Crippen LogP contribution in [0.2, 0.25) is 0 Å². The minimum atomic E-state index is -3.05. The summed E-state index contributed by atoms with van der Waals surface area (Å²) in [5, 5.41) is 0. The molecular formula is C25H21F4N3O2. The van der Waals surface area contributed by atoms with Gasteiger partial charge < -0.3 is 9.30 Å². The van der Waals surface area contributed by atoms with Crippen LogP contribution in [0.25, 0.3) is 11.0 Å². The predicted molar refractivity (Wildman–Crippen MR) is 117 cm³/mol. The van der Waals surface area contributed by atoms with Gasteiger partial charge in [0.2, 0.25) is 0 Å². The zero-order valence-corrected chi connectivity index (χ0v) is 18.4. The number of ether oxygens (including phenoxy) is 1. The molecule has 3 aromatic rings. The maximum atomic E-state index is 13.2. The Morgan fingerprint density at radius 3 is 2.68 bits per heavy atom. The molecule has 3 atom stereocenters. The molecule has 2 heterocycles. The number of nitrogens with zero attached hydrogens (tertiary/aromatic N) is 3. The van der Waals surface area contributed by atoms with Crippen LogP contribution in [0.3, 0.4) is 0 Å². The van der Waals surface area contributed by atoms with Gasteiger partial charge in [-0.25, -0.2) is 13.8 Å². The molecule has 0 spiro atoms. The lowest BCUT2D eigenvalue weighted by atomic mass is 9.96. The van der Waals surface area contributed by atoms with Crippen molar-refractivity contribution in [3.05, 3.63) is 58.9 Å². The SMILES string of the molecule is CN(C)C1C[C@H](c2c(C=O)cccc2OC(F)F)n2c1nc1ccc(C#CC3CC3(F)F)cc12. The molecular weight excluding hydrogens is 450 g/mol. The summed E-state index contributed by atoms with van der Waals surface area (Å²) in [7, 11) is 3.79. The van der Waals surface area contributed by atoms with Crippen molar-refractivity contribution in [2.75, 3.05) is 14.1 Å². The summed E-state index contributed by atoms with van der Waals surface area (Å²) in [5.74, 6) is 2.44. The first kappa shape index (κ1) is 22.4. The summed E-state index contributed by atoms with van der Waals surface area (Å²) >= 11 is 0. The van der Waals surface area contributed by atoms with Gasteiger partial charge in [-0.15, -0.1) is 0 Å². The van der Waals surface area contributed by atoms with Crippen LogP contribution in [-0.4, -0.2) is 47.4 Å². The third-order valence-corrected chi connectivity index (χ3v) is 6.39. The lowest BCUT2D eigenvalue weighted by Crippen LogP contribution is -2.18. The maximum absolute atomic E-state index is 13.2. The summed E-state index contributed by atoms with van der Waals surface area (Å²) in [6.07, 6.45) is 0.883. The average molecular weight is 471 g/mol. The molecule has 0 amide bonds. The fraction of sp³-hybridized carbons (Fsp3) is 0.360. The second-order valence-electron chi connectivity index (χ2n) is 8.82. The van der Waals surface area contributed by atoms with Gasteiger partial charge in [-0.2, -0.15) is 8.78 Å². The molecule has 1 fully saturated rings. The Hall–Kier alpha value is -3.38. The average Bonchev–Trinajstić information content (AvgIpc) is 3.09. The normalized spacial score (nSPS) is 22.5. The summed E-state index contributed by atoms with van der Waals surface area (Å²) < 4.78 is 59.5. The first-order chi connectivity index (χ1) is 16.2. The number of rotatable bonds is 5. The quantitative estimate of drug-likeness (QED) is 0.297. The number of alkyl halides is 4. The number of halogens is 4. The van der Waals surface area contributed by atoms with E-state index in [4.69, 9.17) is 9.72 Å². The Balaban J connectivity index is 1.66. The molecule has 1 aliphatic carbocycles. The summed E-state index contributed by atoms with van der Waals surface area (Å²) in [4.78, 5) is 18.6. The van der Waals surface area contributed by atoms with Crippen molar-refractivity contribution in [3.63, 3.8) is 0 Å². The highest BCUT2D eigenvalue weighted by molar-refractivity contribution is 5.82. The van der Waals surface area contributed by atoms with Crippen LogP contribution in [0.4, 0.5) is 17.6 Å². The highest BCUT2D eigenvalue weighted by Gasteiger charge is 2.56.